The largest absolute Gasteiger partial charge is 0.105 e. The third kappa shape index (κ3) is 2.63. The van der Waals surface area contributed by atoms with Crippen molar-refractivity contribution in [2.24, 2.45) is 5.92 Å². The molecule has 1 aromatic rings. The molecule has 0 amide bonds. The van der Waals surface area contributed by atoms with Gasteiger partial charge in [0, 0.05) is 0 Å². The smallest absolute Gasteiger partial charge is 0.0250 e. The molecule has 0 spiro atoms. The van der Waals surface area contributed by atoms with E-state index < -0.39 is 0 Å². The molecule has 1 unspecified atom stereocenters. The first-order valence-corrected chi connectivity index (χ1v) is 4.61. The lowest BCUT2D eigenvalue weighted by molar-refractivity contribution is 0.649. The summed E-state index contributed by atoms with van der Waals surface area (Å²) < 4.78 is 0. The molecule has 0 aliphatic carbocycles. The maximum Gasteiger partial charge on any atom is -0.0250 e. The Morgan fingerprint density at radius 3 is 2.45 bits per heavy atom. The Kier molecular flexibility index (Phi) is 3.08. The van der Waals surface area contributed by atoms with Crippen molar-refractivity contribution in [3.63, 3.8) is 0 Å². The molecule has 0 bridgehead atoms. The average Bonchev–Trinajstić information content (AvgIpc) is 1.93. The van der Waals surface area contributed by atoms with Crippen LogP contribution in [0.5, 0.6) is 0 Å². The van der Waals surface area contributed by atoms with E-state index in [1.54, 1.807) is 0 Å². The third-order valence-electron chi connectivity index (χ3n) is 1.68. The quantitative estimate of drug-likeness (QED) is 0.592. The minimum atomic E-state index is 0.747. The van der Waals surface area contributed by atoms with Crippen LogP contribution in [-0.4, -0.2) is 0 Å². The van der Waals surface area contributed by atoms with E-state index >= 15 is 0 Å². The van der Waals surface area contributed by atoms with Crippen molar-refractivity contribution in [3.8, 4) is 0 Å². The van der Waals surface area contributed by atoms with Gasteiger partial charge in [-0.25, -0.2) is 0 Å². The zero-order valence-electron chi connectivity index (χ0n) is 7.17. The summed E-state index contributed by atoms with van der Waals surface area (Å²) >= 11 is 0. The van der Waals surface area contributed by atoms with Crippen LogP contribution in [0.1, 0.15) is 19.4 Å². The molecule has 0 N–H and O–H groups in total. The van der Waals surface area contributed by atoms with Gasteiger partial charge in [-0.15, -0.1) is 9.24 Å². The summed E-state index contributed by atoms with van der Waals surface area (Å²) in [5.74, 6) is 0.747. The topological polar surface area (TPSA) is 0 Å². The van der Waals surface area contributed by atoms with Gasteiger partial charge in [-0.1, -0.05) is 38.1 Å². The van der Waals surface area contributed by atoms with Crippen molar-refractivity contribution in [2.75, 3.05) is 0 Å². The second kappa shape index (κ2) is 3.88. The average molecular weight is 166 g/mol. The van der Waals surface area contributed by atoms with E-state index in [1.807, 2.05) is 0 Å². The summed E-state index contributed by atoms with van der Waals surface area (Å²) in [6.07, 6.45) is 1.18. The molecule has 0 radical (unpaired) electrons. The number of rotatable bonds is 2. The fourth-order valence-electron chi connectivity index (χ4n) is 1.16. The zero-order valence-corrected chi connectivity index (χ0v) is 8.33. The van der Waals surface area contributed by atoms with Crippen molar-refractivity contribution in [1.29, 1.82) is 0 Å². The number of hydrogen-bond acceptors (Lipinski definition) is 0. The lowest BCUT2D eigenvalue weighted by atomic mass is 10.0. The normalized spacial score (nSPS) is 10.5. The second-order valence-corrected chi connectivity index (χ2v) is 3.92. The Morgan fingerprint density at radius 2 is 1.91 bits per heavy atom. The minimum absolute atomic E-state index is 0.747. The van der Waals surface area contributed by atoms with E-state index in [0.29, 0.717) is 0 Å². The van der Waals surface area contributed by atoms with Gasteiger partial charge in [0.05, 0.1) is 0 Å². The molecule has 1 rings (SSSR count). The van der Waals surface area contributed by atoms with Crippen molar-refractivity contribution < 1.29 is 0 Å². The zero-order chi connectivity index (χ0) is 8.27. The van der Waals surface area contributed by atoms with E-state index in [9.17, 15) is 0 Å². The highest BCUT2D eigenvalue weighted by Crippen LogP contribution is 2.07. The lowest BCUT2D eigenvalue weighted by Crippen LogP contribution is -2.04. The van der Waals surface area contributed by atoms with E-state index in [-0.39, 0.29) is 0 Å². The summed E-state index contributed by atoms with van der Waals surface area (Å²) in [6, 6.07) is 8.52. The number of hydrogen-bond donors (Lipinski definition) is 0. The summed E-state index contributed by atoms with van der Waals surface area (Å²) in [6.45, 7) is 4.49. The van der Waals surface area contributed by atoms with Crippen LogP contribution < -0.4 is 5.30 Å². The van der Waals surface area contributed by atoms with Gasteiger partial charge in [0.25, 0.3) is 0 Å². The number of benzene rings is 1. The Labute approximate surface area is 71.2 Å². The summed E-state index contributed by atoms with van der Waals surface area (Å²) in [5.41, 5.74) is 1.45. The maximum absolute atomic E-state index is 2.78. The highest BCUT2D eigenvalue weighted by Gasteiger charge is 1.99. The predicted octanol–water partition coefficient (Wildman–Crippen LogP) is 2.39. The molecule has 0 fully saturated rings. The Bertz CT molecular complexity index is 228. The van der Waals surface area contributed by atoms with Crippen LogP contribution >= 0.6 is 9.24 Å². The van der Waals surface area contributed by atoms with Crippen LogP contribution in [0.15, 0.2) is 24.3 Å². The Morgan fingerprint density at radius 1 is 1.27 bits per heavy atom. The van der Waals surface area contributed by atoms with Crippen LogP contribution in [0.2, 0.25) is 0 Å². The van der Waals surface area contributed by atoms with Gasteiger partial charge in [0.1, 0.15) is 0 Å². The first kappa shape index (κ1) is 8.74. The molecule has 0 aliphatic heterocycles. The monoisotopic (exact) mass is 166 g/mol. The van der Waals surface area contributed by atoms with Gasteiger partial charge in [-0.2, -0.15) is 0 Å². The third-order valence-corrected chi connectivity index (χ3v) is 2.25. The van der Waals surface area contributed by atoms with E-state index in [4.69, 9.17) is 0 Å². The summed E-state index contributed by atoms with van der Waals surface area (Å²) in [5, 5.41) is 1.33. The fraction of sp³-hybridized carbons (Fsp3) is 0.400. The molecule has 0 aliphatic rings. The van der Waals surface area contributed by atoms with Crippen molar-refractivity contribution in [1.82, 2.24) is 0 Å². The fourth-order valence-corrected chi connectivity index (χ4v) is 1.49. The van der Waals surface area contributed by atoms with Crippen LogP contribution in [-0.2, 0) is 6.42 Å². The van der Waals surface area contributed by atoms with E-state index in [1.165, 1.54) is 17.3 Å². The Hall–Kier alpha value is -0.350. The van der Waals surface area contributed by atoms with E-state index in [2.05, 4.69) is 47.4 Å². The van der Waals surface area contributed by atoms with Gasteiger partial charge in [-0.3, -0.25) is 0 Å². The molecule has 0 aromatic heterocycles. The summed E-state index contributed by atoms with van der Waals surface area (Å²) in [7, 11) is 2.78. The molecule has 11 heavy (non-hydrogen) atoms. The molecule has 0 saturated heterocycles. The highest BCUT2D eigenvalue weighted by molar-refractivity contribution is 7.27. The molecule has 0 saturated carbocycles. The molecular weight excluding hydrogens is 151 g/mol. The van der Waals surface area contributed by atoms with Crippen molar-refractivity contribution >= 4 is 14.5 Å². The van der Waals surface area contributed by atoms with Crippen LogP contribution in [0.4, 0.5) is 0 Å². The first-order chi connectivity index (χ1) is 5.20. The second-order valence-electron chi connectivity index (χ2n) is 3.30. The van der Waals surface area contributed by atoms with Gasteiger partial charge in [0.15, 0.2) is 0 Å². The first-order valence-electron chi connectivity index (χ1n) is 4.03. The van der Waals surface area contributed by atoms with Crippen molar-refractivity contribution in [2.45, 2.75) is 20.3 Å². The summed E-state index contributed by atoms with van der Waals surface area (Å²) in [4.78, 5) is 0. The molecule has 1 heteroatoms. The molecule has 0 nitrogen and oxygen atoms in total. The minimum Gasteiger partial charge on any atom is -0.105 e. The molecule has 1 atom stereocenters. The van der Waals surface area contributed by atoms with Crippen LogP contribution in [0.25, 0.3) is 0 Å². The van der Waals surface area contributed by atoms with Crippen LogP contribution in [0.3, 0.4) is 0 Å². The standard InChI is InChI=1S/C10H15P/c1-8(2)7-9-5-3-4-6-10(9)11/h3-6,8H,7,11H2,1-2H3. The SMILES string of the molecule is CC(C)Cc1ccccc1P. The Balaban J connectivity index is 2.78. The van der Waals surface area contributed by atoms with Gasteiger partial charge in [0.2, 0.25) is 0 Å². The maximum atomic E-state index is 2.78. The van der Waals surface area contributed by atoms with Crippen molar-refractivity contribution in [3.05, 3.63) is 29.8 Å². The van der Waals surface area contributed by atoms with Crippen LogP contribution in [0, 0.1) is 5.92 Å². The van der Waals surface area contributed by atoms with E-state index in [0.717, 1.165) is 5.92 Å². The predicted molar refractivity (Wildman–Crippen MR) is 54.3 cm³/mol. The van der Waals surface area contributed by atoms with Gasteiger partial charge in [-0.05, 0) is 23.2 Å². The van der Waals surface area contributed by atoms with Gasteiger partial charge >= 0.3 is 0 Å². The van der Waals surface area contributed by atoms with Gasteiger partial charge < -0.3 is 0 Å². The molecule has 0 heterocycles. The molecule has 1 aromatic carbocycles. The molecular formula is C10H15P. The highest BCUT2D eigenvalue weighted by atomic mass is 31.0. The lowest BCUT2D eigenvalue weighted by Gasteiger charge is -2.06. The molecule has 60 valence electrons.